The van der Waals surface area contributed by atoms with E-state index in [1.54, 1.807) is 6.20 Å². The van der Waals surface area contributed by atoms with Crippen LogP contribution in [0.1, 0.15) is 17.0 Å². The molecule has 1 aliphatic heterocycles. The van der Waals surface area contributed by atoms with Crippen molar-refractivity contribution >= 4 is 0 Å². The molecule has 20 heavy (non-hydrogen) atoms. The predicted octanol–water partition coefficient (Wildman–Crippen LogP) is 2.20. The highest BCUT2D eigenvalue weighted by atomic mass is 19.4. The van der Waals surface area contributed by atoms with Gasteiger partial charge in [-0.15, -0.1) is 0 Å². The van der Waals surface area contributed by atoms with Crippen LogP contribution >= 0.6 is 0 Å². The molecule has 0 bridgehead atoms. The van der Waals surface area contributed by atoms with E-state index in [9.17, 15) is 13.2 Å². The zero-order valence-electron chi connectivity index (χ0n) is 10.4. The molecule has 104 valence electrons. The van der Waals surface area contributed by atoms with Gasteiger partial charge in [-0.3, -0.25) is 4.98 Å². The highest BCUT2D eigenvalue weighted by Crippen LogP contribution is 2.28. The lowest BCUT2D eigenvalue weighted by Crippen LogP contribution is -2.25. The molecular formula is C13H11F3N4. The Bertz CT molecular complexity index is 623. The number of alkyl halides is 3. The van der Waals surface area contributed by atoms with E-state index in [4.69, 9.17) is 0 Å². The molecule has 0 aromatic carbocycles. The zero-order valence-corrected chi connectivity index (χ0v) is 10.4. The fraction of sp³-hybridized carbons (Fsp3) is 0.308. The number of nitrogens with zero attached hydrogens (tertiary/aromatic N) is 3. The van der Waals surface area contributed by atoms with Gasteiger partial charge in [0.25, 0.3) is 0 Å². The molecule has 1 aliphatic rings. The Kier molecular flexibility index (Phi) is 3.13. The van der Waals surface area contributed by atoms with Crippen LogP contribution in [0.3, 0.4) is 0 Å². The minimum Gasteiger partial charge on any atom is -0.311 e. The van der Waals surface area contributed by atoms with E-state index in [0.29, 0.717) is 17.9 Å². The number of nitrogens with one attached hydrogen (secondary N) is 1. The van der Waals surface area contributed by atoms with Gasteiger partial charge in [-0.25, -0.2) is 9.97 Å². The Balaban J connectivity index is 1.93. The number of hydrogen-bond donors (Lipinski definition) is 1. The third kappa shape index (κ3) is 2.49. The van der Waals surface area contributed by atoms with E-state index < -0.39 is 11.9 Å². The third-order valence-corrected chi connectivity index (χ3v) is 3.13. The van der Waals surface area contributed by atoms with Crippen LogP contribution < -0.4 is 5.32 Å². The van der Waals surface area contributed by atoms with Crippen LogP contribution in [0.5, 0.6) is 0 Å². The van der Waals surface area contributed by atoms with Gasteiger partial charge in [-0.1, -0.05) is 0 Å². The first-order valence-electron chi connectivity index (χ1n) is 6.13. The molecule has 0 atom stereocenters. The largest absolute Gasteiger partial charge is 0.433 e. The molecule has 0 unspecified atom stereocenters. The van der Waals surface area contributed by atoms with E-state index in [0.717, 1.165) is 36.5 Å². The van der Waals surface area contributed by atoms with Crippen molar-refractivity contribution in [3.8, 4) is 11.4 Å². The van der Waals surface area contributed by atoms with Gasteiger partial charge in [0.15, 0.2) is 5.82 Å². The summed E-state index contributed by atoms with van der Waals surface area (Å²) in [7, 11) is 0. The zero-order chi connectivity index (χ0) is 14.2. The Morgan fingerprint density at radius 2 is 1.95 bits per heavy atom. The average Bonchev–Trinajstić information content (AvgIpc) is 2.46. The summed E-state index contributed by atoms with van der Waals surface area (Å²) < 4.78 is 37.3. The van der Waals surface area contributed by atoms with Crippen molar-refractivity contribution in [3.63, 3.8) is 0 Å². The molecule has 0 radical (unpaired) electrons. The molecule has 0 spiro atoms. The quantitative estimate of drug-likeness (QED) is 0.870. The minimum absolute atomic E-state index is 0.397. The standard InChI is InChI=1S/C13H11F3N4/c14-13(15,16)11-2-1-9(6-18-11)12-19-5-8-3-4-17-7-10(8)20-12/h1-2,5-6,17H,3-4,7H2. The first-order valence-corrected chi connectivity index (χ1v) is 6.13. The van der Waals surface area contributed by atoms with Crippen LogP contribution in [0.15, 0.2) is 24.5 Å². The lowest BCUT2D eigenvalue weighted by Gasteiger charge is -2.16. The molecule has 0 fully saturated rings. The molecule has 3 rings (SSSR count). The van der Waals surface area contributed by atoms with E-state index in [1.807, 2.05) is 0 Å². The van der Waals surface area contributed by atoms with Crippen molar-refractivity contribution in [2.75, 3.05) is 6.54 Å². The van der Waals surface area contributed by atoms with Crippen LogP contribution in [0.25, 0.3) is 11.4 Å². The molecule has 0 saturated heterocycles. The van der Waals surface area contributed by atoms with Crippen molar-refractivity contribution in [2.45, 2.75) is 19.1 Å². The highest BCUT2D eigenvalue weighted by molar-refractivity contribution is 5.54. The van der Waals surface area contributed by atoms with Crippen LogP contribution in [-0.2, 0) is 19.1 Å². The summed E-state index contributed by atoms with van der Waals surface area (Å²) in [5.41, 5.74) is 1.53. The van der Waals surface area contributed by atoms with Gasteiger partial charge >= 0.3 is 6.18 Å². The Labute approximate surface area is 113 Å². The van der Waals surface area contributed by atoms with E-state index >= 15 is 0 Å². The van der Waals surface area contributed by atoms with E-state index in [2.05, 4.69) is 20.3 Å². The molecule has 2 aromatic heterocycles. The van der Waals surface area contributed by atoms with Crippen molar-refractivity contribution in [2.24, 2.45) is 0 Å². The lowest BCUT2D eigenvalue weighted by molar-refractivity contribution is -0.141. The fourth-order valence-corrected chi connectivity index (χ4v) is 2.07. The second kappa shape index (κ2) is 4.82. The monoisotopic (exact) mass is 280 g/mol. The number of hydrogen-bond acceptors (Lipinski definition) is 4. The van der Waals surface area contributed by atoms with Gasteiger partial charge in [0.1, 0.15) is 5.69 Å². The summed E-state index contributed by atoms with van der Waals surface area (Å²) in [6, 6.07) is 2.28. The van der Waals surface area contributed by atoms with Crippen LogP contribution in [0.2, 0.25) is 0 Å². The number of halogens is 3. The Hall–Kier alpha value is -2.02. The van der Waals surface area contributed by atoms with Crippen molar-refractivity contribution in [3.05, 3.63) is 41.5 Å². The first kappa shape index (κ1) is 13.0. The van der Waals surface area contributed by atoms with E-state index in [1.165, 1.54) is 6.07 Å². The third-order valence-electron chi connectivity index (χ3n) is 3.13. The summed E-state index contributed by atoms with van der Waals surface area (Å²) in [5, 5.41) is 3.19. The topological polar surface area (TPSA) is 50.7 Å². The van der Waals surface area contributed by atoms with Crippen molar-refractivity contribution in [1.29, 1.82) is 0 Å². The van der Waals surface area contributed by atoms with Crippen LogP contribution in [0.4, 0.5) is 13.2 Å². The summed E-state index contributed by atoms with van der Waals surface area (Å²) in [6.45, 7) is 1.54. The molecule has 2 aromatic rings. The number of pyridine rings is 1. The van der Waals surface area contributed by atoms with Crippen molar-refractivity contribution in [1.82, 2.24) is 20.3 Å². The fourth-order valence-electron chi connectivity index (χ4n) is 2.07. The molecular weight excluding hydrogens is 269 g/mol. The molecule has 0 amide bonds. The second-order valence-electron chi connectivity index (χ2n) is 4.52. The smallest absolute Gasteiger partial charge is 0.311 e. The maximum Gasteiger partial charge on any atom is 0.433 e. The van der Waals surface area contributed by atoms with Crippen molar-refractivity contribution < 1.29 is 13.2 Å². The minimum atomic E-state index is -4.43. The molecule has 7 heteroatoms. The average molecular weight is 280 g/mol. The summed E-state index contributed by atoms with van der Waals surface area (Å²) >= 11 is 0. The predicted molar refractivity (Wildman–Crippen MR) is 65.7 cm³/mol. The summed E-state index contributed by atoms with van der Waals surface area (Å²) in [6.07, 6.45) is -0.684. The van der Waals surface area contributed by atoms with Gasteiger partial charge in [-0.2, -0.15) is 13.2 Å². The Morgan fingerprint density at radius 3 is 2.65 bits per heavy atom. The first-order chi connectivity index (χ1) is 9.54. The molecule has 4 nitrogen and oxygen atoms in total. The normalized spacial score (nSPS) is 14.9. The molecule has 0 saturated carbocycles. The molecule has 0 aliphatic carbocycles. The second-order valence-corrected chi connectivity index (χ2v) is 4.52. The summed E-state index contributed by atoms with van der Waals surface area (Å²) in [5.74, 6) is 0.397. The van der Waals surface area contributed by atoms with Gasteiger partial charge in [0.05, 0.1) is 5.69 Å². The summed E-state index contributed by atoms with van der Waals surface area (Å²) in [4.78, 5) is 12.0. The SMILES string of the molecule is FC(F)(F)c1ccc(-c2ncc3c(n2)CNCC3)cn1. The van der Waals surface area contributed by atoms with Gasteiger partial charge in [-0.05, 0) is 30.7 Å². The maximum absolute atomic E-state index is 12.4. The molecule has 3 heterocycles. The van der Waals surface area contributed by atoms with Gasteiger partial charge in [0.2, 0.25) is 0 Å². The lowest BCUT2D eigenvalue weighted by atomic mass is 10.1. The van der Waals surface area contributed by atoms with Crippen LogP contribution in [-0.4, -0.2) is 21.5 Å². The Morgan fingerprint density at radius 1 is 1.10 bits per heavy atom. The number of aromatic nitrogens is 3. The maximum atomic E-state index is 12.4. The molecule has 1 N–H and O–H groups in total. The van der Waals surface area contributed by atoms with Gasteiger partial charge in [0, 0.05) is 24.5 Å². The van der Waals surface area contributed by atoms with Gasteiger partial charge < -0.3 is 5.32 Å². The number of fused-ring (bicyclic) bond motifs is 1. The highest BCUT2D eigenvalue weighted by Gasteiger charge is 2.32. The number of rotatable bonds is 1. The van der Waals surface area contributed by atoms with E-state index in [-0.39, 0.29) is 0 Å². The van der Waals surface area contributed by atoms with Crippen LogP contribution in [0, 0.1) is 0 Å².